The zero-order valence-electron chi connectivity index (χ0n) is 19.7. The average molecular weight is 560 g/mol. The number of halogens is 5. The van der Waals surface area contributed by atoms with Gasteiger partial charge in [-0.1, -0.05) is 23.2 Å². The molecule has 6 rings (SSSR count). The van der Waals surface area contributed by atoms with Crippen molar-refractivity contribution in [1.29, 1.82) is 0 Å². The third kappa shape index (κ3) is 3.91. The van der Waals surface area contributed by atoms with E-state index in [9.17, 15) is 4.39 Å². The summed E-state index contributed by atoms with van der Waals surface area (Å²) in [4.78, 5) is 8.07. The number of hydrogen-bond donors (Lipinski definition) is 1. The van der Waals surface area contributed by atoms with Crippen LogP contribution in [0.2, 0.25) is 10.0 Å². The Hall–Kier alpha value is -3.90. The van der Waals surface area contributed by atoms with Crippen LogP contribution < -0.4 is 5.32 Å². The Labute approximate surface area is 223 Å². The summed E-state index contributed by atoms with van der Waals surface area (Å²) in [6, 6.07) is 7.09. The third-order valence-corrected chi connectivity index (χ3v) is 6.96. The van der Waals surface area contributed by atoms with Crippen molar-refractivity contribution in [1.82, 2.24) is 39.1 Å². The van der Waals surface area contributed by atoms with E-state index in [2.05, 4.69) is 30.6 Å². The average Bonchev–Trinajstić information content (AvgIpc) is 3.63. The van der Waals surface area contributed by atoms with Crippen LogP contribution in [0.25, 0.3) is 22.6 Å². The van der Waals surface area contributed by atoms with Gasteiger partial charge in [0.25, 0.3) is 0 Å². The van der Waals surface area contributed by atoms with Gasteiger partial charge in [-0.05, 0) is 24.3 Å². The van der Waals surface area contributed by atoms with E-state index in [1.54, 1.807) is 46.9 Å². The van der Waals surface area contributed by atoms with E-state index in [-0.39, 0.29) is 17.4 Å². The Bertz CT molecular complexity index is 1660. The van der Waals surface area contributed by atoms with E-state index >= 15 is 8.78 Å². The Morgan fingerprint density at radius 1 is 1.11 bits per heavy atom. The summed E-state index contributed by atoms with van der Waals surface area (Å²) in [5, 5.41) is 15.3. The Morgan fingerprint density at radius 3 is 2.68 bits per heavy atom. The second-order valence-electron chi connectivity index (χ2n) is 8.71. The highest BCUT2D eigenvalue weighted by Crippen LogP contribution is 2.43. The summed E-state index contributed by atoms with van der Waals surface area (Å²) in [6.07, 6.45) is 6.15. The van der Waals surface area contributed by atoms with E-state index in [1.807, 2.05) is 0 Å². The Morgan fingerprint density at radius 2 is 1.95 bits per heavy atom. The van der Waals surface area contributed by atoms with Crippen LogP contribution in [-0.4, -0.2) is 45.8 Å². The summed E-state index contributed by atoms with van der Waals surface area (Å²) in [5.74, 6) is -3.08. The maximum atomic E-state index is 15.6. The number of anilines is 2. The quantitative estimate of drug-likeness (QED) is 0.289. The van der Waals surface area contributed by atoms with Crippen LogP contribution in [0.3, 0.4) is 0 Å². The zero-order chi connectivity index (χ0) is 26.6. The van der Waals surface area contributed by atoms with Crippen molar-refractivity contribution >= 4 is 34.8 Å². The highest BCUT2D eigenvalue weighted by molar-refractivity contribution is 6.33. The number of rotatable bonds is 6. The van der Waals surface area contributed by atoms with Crippen molar-refractivity contribution in [3.8, 4) is 22.6 Å². The first-order valence-corrected chi connectivity index (χ1v) is 12.1. The van der Waals surface area contributed by atoms with E-state index in [1.165, 1.54) is 24.5 Å². The molecule has 0 unspecified atom stereocenters. The smallest absolute Gasteiger partial charge is 0.342 e. The number of aryl methyl sites for hydroxylation is 1. The van der Waals surface area contributed by atoms with E-state index in [4.69, 9.17) is 23.2 Å². The van der Waals surface area contributed by atoms with E-state index < -0.39 is 30.2 Å². The van der Waals surface area contributed by atoms with Gasteiger partial charge in [0.15, 0.2) is 5.82 Å². The first-order chi connectivity index (χ1) is 18.3. The molecular formula is C24H18Cl2F3N9. The Balaban J connectivity index is 1.42. The molecule has 0 bridgehead atoms. The minimum atomic E-state index is -3.70. The summed E-state index contributed by atoms with van der Waals surface area (Å²) in [7, 11) is 1.79. The minimum absolute atomic E-state index is 0.0821. The number of hydrogen-bond acceptors (Lipinski definition) is 6. The number of aromatic nitrogens is 8. The zero-order valence-corrected chi connectivity index (χ0v) is 21.2. The van der Waals surface area contributed by atoms with Gasteiger partial charge in [0.2, 0.25) is 5.82 Å². The maximum Gasteiger partial charge on any atom is 0.349 e. The highest BCUT2D eigenvalue weighted by Gasteiger charge is 2.46. The van der Waals surface area contributed by atoms with Gasteiger partial charge in [-0.3, -0.25) is 14.2 Å². The molecule has 38 heavy (non-hydrogen) atoms. The number of pyridine rings is 2. The molecule has 0 radical (unpaired) electrons. The second-order valence-corrected chi connectivity index (χ2v) is 9.53. The topological polar surface area (TPSA) is 91.3 Å². The lowest BCUT2D eigenvalue weighted by Gasteiger charge is -2.27. The van der Waals surface area contributed by atoms with Gasteiger partial charge >= 0.3 is 5.92 Å². The van der Waals surface area contributed by atoms with Crippen LogP contribution >= 0.6 is 23.2 Å². The maximum absolute atomic E-state index is 15.6. The predicted molar refractivity (Wildman–Crippen MR) is 135 cm³/mol. The SMILES string of the molecule is Cn1nccc1Nc1cc(-c2cc3n(c2)C[C@H](CF)n2c-3nnc2C(F)(F)c2ncccc2Cl)c(Cl)cn1. The first kappa shape index (κ1) is 24.4. The molecule has 0 amide bonds. The van der Waals surface area contributed by atoms with Gasteiger partial charge in [0, 0.05) is 49.4 Å². The molecule has 5 aromatic heterocycles. The highest BCUT2D eigenvalue weighted by atomic mass is 35.5. The largest absolute Gasteiger partial charge is 0.349 e. The molecule has 0 saturated carbocycles. The fraction of sp³-hybridized carbons (Fsp3) is 0.208. The van der Waals surface area contributed by atoms with Crippen LogP contribution in [0.5, 0.6) is 0 Å². The molecule has 14 heteroatoms. The van der Waals surface area contributed by atoms with Gasteiger partial charge in [-0.25, -0.2) is 9.37 Å². The lowest BCUT2D eigenvalue weighted by molar-refractivity contribution is 0.0213. The van der Waals surface area contributed by atoms with Crippen LogP contribution in [0, 0.1) is 0 Å². The molecule has 1 aliphatic heterocycles. The van der Waals surface area contributed by atoms with Gasteiger partial charge in [0.05, 0.1) is 28.0 Å². The van der Waals surface area contributed by atoms with Gasteiger partial charge in [0.1, 0.15) is 24.0 Å². The van der Waals surface area contributed by atoms with E-state index in [0.29, 0.717) is 27.7 Å². The predicted octanol–water partition coefficient (Wildman–Crippen LogP) is 5.65. The molecule has 5 aromatic rings. The lowest BCUT2D eigenvalue weighted by Crippen LogP contribution is -2.30. The standard InChI is InChI=1S/C24H18Cl2F3N9/c1-36-20(4-6-32-36)33-19-8-15(17(26)10-31-19)13-7-18-22-34-35-23(38(22)14(9-27)12-37(18)11-13)24(28,29)21-16(25)3-2-5-30-21/h2-8,10-11,14H,9,12H2,1H3,(H,31,33)/t14-/m0/s1. The molecule has 1 aliphatic rings. The molecule has 9 nitrogen and oxygen atoms in total. The van der Waals surface area contributed by atoms with Crippen LogP contribution in [0.1, 0.15) is 17.6 Å². The van der Waals surface area contributed by atoms with Gasteiger partial charge in [-0.15, -0.1) is 10.2 Å². The summed E-state index contributed by atoms with van der Waals surface area (Å²) >= 11 is 12.5. The Kier molecular flexibility index (Phi) is 5.88. The number of alkyl halides is 3. The summed E-state index contributed by atoms with van der Waals surface area (Å²) in [6.45, 7) is -0.829. The minimum Gasteiger partial charge on any atom is -0.342 e. The van der Waals surface area contributed by atoms with Crippen molar-refractivity contribution in [2.75, 3.05) is 12.0 Å². The summed E-state index contributed by atoms with van der Waals surface area (Å²) in [5.41, 5.74) is 1.13. The summed E-state index contributed by atoms with van der Waals surface area (Å²) < 4.78 is 49.9. The monoisotopic (exact) mass is 559 g/mol. The normalized spacial score (nSPS) is 14.8. The molecule has 0 fully saturated rings. The number of nitrogens with zero attached hydrogens (tertiary/aromatic N) is 8. The fourth-order valence-electron chi connectivity index (χ4n) is 4.53. The van der Waals surface area contributed by atoms with Crippen molar-refractivity contribution in [3.63, 3.8) is 0 Å². The molecule has 0 aromatic carbocycles. The van der Waals surface area contributed by atoms with Gasteiger partial charge in [-0.2, -0.15) is 13.9 Å². The molecule has 0 aliphatic carbocycles. The molecule has 1 atom stereocenters. The van der Waals surface area contributed by atoms with E-state index in [0.717, 1.165) is 10.4 Å². The lowest BCUT2D eigenvalue weighted by atomic mass is 10.1. The van der Waals surface area contributed by atoms with Crippen LogP contribution in [-0.2, 0) is 19.5 Å². The molecular weight excluding hydrogens is 542 g/mol. The van der Waals surface area contributed by atoms with Crippen molar-refractivity contribution in [2.45, 2.75) is 18.5 Å². The van der Waals surface area contributed by atoms with Crippen LogP contribution in [0.4, 0.5) is 24.8 Å². The second kappa shape index (κ2) is 9.14. The first-order valence-electron chi connectivity index (χ1n) is 11.4. The third-order valence-electron chi connectivity index (χ3n) is 6.35. The van der Waals surface area contributed by atoms with Crippen molar-refractivity contribution < 1.29 is 13.2 Å². The molecule has 1 N–H and O–H groups in total. The molecule has 0 spiro atoms. The molecule has 6 heterocycles. The van der Waals surface area contributed by atoms with Gasteiger partial charge < -0.3 is 9.88 Å². The molecule has 194 valence electrons. The fourth-order valence-corrected chi connectivity index (χ4v) is 4.98. The van der Waals surface area contributed by atoms with Crippen molar-refractivity contribution in [2.24, 2.45) is 7.05 Å². The number of fused-ring (bicyclic) bond motifs is 3. The van der Waals surface area contributed by atoms with Crippen LogP contribution in [0.15, 0.2) is 55.1 Å². The number of nitrogens with one attached hydrogen (secondary N) is 1. The van der Waals surface area contributed by atoms with Crippen molar-refractivity contribution in [3.05, 3.63) is 76.7 Å². The molecule has 0 saturated heterocycles.